The number of allylic oxidation sites excluding steroid dienone is 1. The first kappa shape index (κ1) is 17.6. The zero-order valence-corrected chi connectivity index (χ0v) is 15.9. The molecule has 0 aliphatic carbocycles. The van der Waals surface area contributed by atoms with Crippen molar-refractivity contribution in [2.45, 2.75) is 32.1 Å². The molecule has 1 heteroatoms. The van der Waals surface area contributed by atoms with E-state index in [1.54, 1.807) is 0 Å². The molecule has 0 aliphatic heterocycles. The number of aryl methyl sites for hydroxylation is 3. The fourth-order valence-electron chi connectivity index (χ4n) is 2.63. The lowest BCUT2D eigenvalue weighted by atomic mass is 10.1. The average Bonchev–Trinajstić information content (AvgIpc) is 2.61. The third-order valence-corrected chi connectivity index (χ3v) is 5.21. The lowest BCUT2D eigenvalue weighted by Gasteiger charge is -2.09. The molecule has 0 aliphatic rings. The van der Waals surface area contributed by atoms with Crippen molar-refractivity contribution in [3.05, 3.63) is 106 Å². The Bertz CT molecular complexity index is 789. The zero-order chi connectivity index (χ0) is 17.6. The van der Waals surface area contributed by atoms with E-state index >= 15 is 0 Å². The molecule has 0 atom stereocenters. The van der Waals surface area contributed by atoms with Crippen molar-refractivity contribution in [1.29, 1.82) is 0 Å². The van der Waals surface area contributed by atoms with Crippen molar-refractivity contribution in [2.75, 3.05) is 0 Å². The molecular formula is C24H24S. The predicted molar refractivity (Wildman–Crippen MR) is 111 cm³/mol. The second-order valence-corrected chi connectivity index (χ2v) is 7.80. The molecule has 0 saturated heterocycles. The summed E-state index contributed by atoms with van der Waals surface area (Å²) in [4.78, 5) is 2.65. The van der Waals surface area contributed by atoms with Crippen LogP contribution < -0.4 is 0 Å². The third-order valence-electron chi connectivity index (χ3n) is 4.17. The van der Waals surface area contributed by atoms with E-state index in [-0.39, 0.29) is 0 Å². The van der Waals surface area contributed by atoms with Crippen LogP contribution in [0.1, 0.15) is 27.8 Å². The summed E-state index contributed by atoms with van der Waals surface area (Å²) in [5, 5.41) is 0. The van der Waals surface area contributed by atoms with Gasteiger partial charge in [0.05, 0.1) is 0 Å². The van der Waals surface area contributed by atoms with Crippen molar-refractivity contribution in [3.63, 3.8) is 0 Å². The van der Waals surface area contributed by atoms with Gasteiger partial charge in [-0.05, 0) is 55.0 Å². The minimum absolute atomic E-state index is 0.951. The molecule has 0 bridgehead atoms. The van der Waals surface area contributed by atoms with Crippen molar-refractivity contribution in [3.8, 4) is 0 Å². The highest BCUT2D eigenvalue weighted by Crippen LogP contribution is 2.31. The normalized spacial score (nSPS) is 11.6. The number of rotatable bonds is 5. The Hall–Kier alpha value is -2.25. The van der Waals surface area contributed by atoms with E-state index in [0.29, 0.717) is 0 Å². The predicted octanol–water partition coefficient (Wildman–Crippen LogP) is 6.99. The fraction of sp³-hybridized carbons (Fsp3) is 0.167. The van der Waals surface area contributed by atoms with Crippen molar-refractivity contribution < 1.29 is 0 Å². The molecule has 3 rings (SSSR count). The smallest absolute Gasteiger partial charge is 0.0119 e. The monoisotopic (exact) mass is 344 g/mol. The molecule has 0 N–H and O–H groups in total. The molecule has 0 heterocycles. The van der Waals surface area contributed by atoms with Crippen LogP contribution in [0.5, 0.6) is 0 Å². The van der Waals surface area contributed by atoms with Gasteiger partial charge in [0, 0.05) is 11.3 Å². The van der Waals surface area contributed by atoms with Crippen LogP contribution in [-0.2, 0) is 6.42 Å². The molecular weight excluding hydrogens is 320 g/mol. The highest BCUT2D eigenvalue weighted by molar-refractivity contribution is 8.03. The van der Waals surface area contributed by atoms with Crippen LogP contribution >= 0.6 is 11.8 Å². The van der Waals surface area contributed by atoms with Gasteiger partial charge >= 0.3 is 0 Å². The molecule has 126 valence electrons. The number of benzene rings is 3. The van der Waals surface area contributed by atoms with E-state index in [1.807, 2.05) is 11.8 Å². The molecule has 0 aromatic heterocycles. The summed E-state index contributed by atoms with van der Waals surface area (Å²) in [5.74, 6) is 0. The fourth-order valence-corrected chi connectivity index (χ4v) is 3.64. The SMILES string of the molecule is Cc1ccc(/C=C(/Cc2ccc(C)cc2)Sc2ccc(C)cc2)cc1. The molecule has 0 fully saturated rings. The van der Waals surface area contributed by atoms with Gasteiger partial charge in [0.2, 0.25) is 0 Å². The number of thioether (sulfide) groups is 1. The Kier molecular flexibility index (Phi) is 5.78. The van der Waals surface area contributed by atoms with Crippen LogP contribution in [0, 0.1) is 20.8 Å². The first-order chi connectivity index (χ1) is 12.1. The summed E-state index contributed by atoms with van der Waals surface area (Å²) in [6.07, 6.45) is 3.26. The first-order valence-electron chi connectivity index (χ1n) is 8.66. The van der Waals surface area contributed by atoms with Gasteiger partial charge in [-0.15, -0.1) is 0 Å². The highest BCUT2D eigenvalue weighted by atomic mass is 32.2. The average molecular weight is 345 g/mol. The lowest BCUT2D eigenvalue weighted by Crippen LogP contribution is -1.89. The van der Waals surface area contributed by atoms with Gasteiger partial charge in [0.1, 0.15) is 0 Å². The van der Waals surface area contributed by atoms with E-state index in [1.165, 1.54) is 37.6 Å². The summed E-state index contributed by atoms with van der Waals surface area (Å²) in [7, 11) is 0. The molecule has 0 radical (unpaired) electrons. The van der Waals surface area contributed by atoms with Gasteiger partial charge in [-0.2, -0.15) is 0 Å². The van der Waals surface area contributed by atoms with Gasteiger partial charge in [0.15, 0.2) is 0 Å². The van der Waals surface area contributed by atoms with Gasteiger partial charge in [-0.25, -0.2) is 0 Å². The number of hydrogen-bond acceptors (Lipinski definition) is 1. The second kappa shape index (κ2) is 8.22. The molecule has 0 saturated carbocycles. The van der Waals surface area contributed by atoms with Crippen molar-refractivity contribution in [1.82, 2.24) is 0 Å². The van der Waals surface area contributed by atoms with Gasteiger partial charge in [0.25, 0.3) is 0 Å². The Morgan fingerprint density at radius 2 is 1.16 bits per heavy atom. The largest absolute Gasteiger partial charge is 0.0942 e. The van der Waals surface area contributed by atoms with Crippen LogP contribution in [0.2, 0.25) is 0 Å². The molecule has 3 aromatic rings. The van der Waals surface area contributed by atoms with E-state index in [9.17, 15) is 0 Å². The van der Waals surface area contributed by atoms with Gasteiger partial charge < -0.3 is 0 Å². The molecule has 25 heavy (non-hydrogen) atoms. The molecule has 3 aromatic carbocycles. The molecule has 0 unspecified atom stereocenters. The maximum Gasteiger partial charge on any atom is 0.0119 e. The highest BCUT2D eigenvalue weighted by Gasteiger charge is 2.04. The Labute approximate surface area is 155 Å². The summed E-state index contributed by atoms with van der Waals surface area (Å²) in [5.41, 5.74) is 6.50. The van der Waals surface area contributed by atoms with E-state index in [2.05, 4.69) is 99.6 Å². The summed E-state index contributed by atoms with van der Waals surface area (Å²) in [6, 6.07) is 26.3. The maximum absolute atomic E-state index is 2.31. The summed E-state index contributed by atoms with van der Waals surface area (Å²) < 4.78 is 0. The van der Waals surface area contributed by atoms with Crippen molar-refractivity contribution >= 4 is 17.8 Å². The molecule has 0 nitrogen and oxygen atoms in total. The van der Waals surface area contributed by atoms with Crippen LogP contribution in [0.25, 0.3) is 6.08 Å². The quantitative estimate of drug-likeness (QED) is 0.450. The second-order valence-electron chi connectivity index (χ2n) is 6.60. The Morgan fingerprint density at radius 1 is 0.680 bits per heavy atom. The number of hydrogen-bond donors (Lipinski definition) is 0. The molecule has 0 spiro atoms. The van der Waals surface area contributed by atoms with Crippen LogP contribution in [0.4, 0.5) is 0 Å². The minimum Gasteiger partial charge on any atom is -0.0942 e. The van der Waals surface area contributed by atoms with Crippen LogP contribution in [0.3, 0.4) is 0 Å². The Morgan fingerprint density at radius 3 is 1.72 bits per heavy atom. The van der Waals surface area contributed by atoms with Gasteiger partial charge in [-0.3, -0.25) is 0 Å². The standard InChI is InChI=1S/C24H24S/c1-18-4-10-21(11-5-18)16-24(17-22-12-6-19(2)7-13-22)25-23-14-8-20(3)9-15-23/h4-16H,17H2,1-3H3/b24-16-. The van der Waals surface area contributed by atoms with E-state index < -0.39 is 0 Å². The Balaban J connectivity index is 1.87. The van der Waals surface area contributed by atoms with Crippen LogP contribution in [-0.4, -0.2) is 0 Å². The van der Waals surface area contributed by atoms with E-state index in [4.69, 9.17) is 0 Å². The summed E-state index contributed by atoms with van der Waals surface area (Å²) in [6.45, 7) is 6.39. The van der Waals surface area contributed by atoms with E-state index in [0.717, 1.165) is 6.42 Å². The zero-order valence-electron chi connectivity index (χ0n) is 15.1. The molecule has 0 amide bonds. The maximum atomic E-state index is 2.31. The third kappa shape index (κ3) is 5.37. The topological polar surface area (TPSA) is 0 Å². The van der Waals surface area contributed by atoms with Crippen molar-refractivity contribution in [2.24, 2.45) is 0 Å². The first-order valence-corrected chi connectivity index (χ1v) is 9.47. The minimum atomic E-state index is 0.951. The summed E-state index contributed by atoms with van der Waals surface area (Å²) >= 11 is 1.86. The van der Waals surface area contributed by atoms with Crippen LogP contribution in [0.15, 0.2) is 82.6 Å². The lowest BCUT2D eigenvalue weighted by molar-refractivity contribution is 1.24. The van der Waals surface area contributed by atoms with Gasteiger partial charge in [-0.1, -0.05) is 89.1 Å².